The van der Waals surface area contributed by atoms with Crippen molar-refractivity contribution in [3.05, 3.63) is 66.6 Å². The van der Waals surface area contributed by atoms with Gasteiger partial charge in [0.1, 0.15) is 11.5 Å². The van der Waals surface area contributed by atoms with E-state index < -0.39 is 5.91 Å². The Morgan fingerprint density at radius 1 is 1.08 bits per heavy atom. The van der Waals surface area contributed by atoms with Gasteiger partial charge in [-0.2, -0.15) is 0 Å². The summed E-state index contributed by atoms with van der Waals surface area (Å²) in [6, 6.07) is 12.6. The van der Waals surface area contributed by atoms with Crippen LogP contribution in [0.3, 0.4) is 0 Å². The minimum absolute atomic E-state index is 0.396. The van der Waals surface area contributed by atoms with Crippen LogP contribution in [-0.2, 0) is 0 Å². The lowest BCUT2D eigenvalue weighted by molar-refractivity contribution is 0.100. The van der Waals surface area contributed by atoms with E-state index in [0.29, 0.717) is 28.5 Å². The number of carbonyl (C=O) groups is 1. The number of nitrogens with two attached hydrogens (primary N) is 1. The van der Waals surface area contributed by atoms with Crippen molar-refractivity contribution in [3.8, 4) is 11.4 Å². The van der Waals surface area contributed by atoms with Crippen LogP contribution in [-0.4, -0.2) is 25.8 Å². The normalized spacial score (nSPS) is 10.7. The smallest absolute Gasteiger partial charge is 0.250 e. The Bertz CT molecular complexity index is 1060. The van der Waals surface area contributed by atoms with Gasteiger partial charge in [0.05, 0.1) is 16.6 Å². The van der Waals surface area contributed by atoms with Gasteiger partial charge in [-0.05, 0) is 30.3 Å². The molecule has 0 bridgehead atoms. The van der Waals surface area contributed by atoms with Crippen LogP contribution in [0.4, 0.5) is 11.5 Å². The molecule has 7 nitrogen and oxygen atoms in total. The molecule has 7 heteroatoms. The molecule has 1 amide bonds. The van der Waals surface area contributed by atoms with Crippen LogP contribution >= 0.6 is 0 Å². The van der Waals surface area contributed by atoms with Crippen molar-refractivity contribution < 1.29 is 4.79 Å². The average Bonchev–Trinajstić information content (AvgIpc) is 3.11. The van der Waals surface area contributed by atoms with Gasteiger partial charge in [-0.25, -0.2) is 9.97 Å². The number of nitrogens with zero attached hydrogens (tertiary/aromatic N) is 3. The molecule has 0 saturated carbocycles. The first-order valence-electron chi connectivity index (χ1n) is 7.64. The fourth-order valence-electron chi connectivity index (χ4n) is 2.60. The van der Waals surface area contributed by atoms with Crippen molar-refractivity contribution >= 4 is 28.4 Å². The summed E-state index contributed by atoms with van der Waals surface area (Å²) in [5.74, 6) is 0.607. The first kappa shape index (κ1) is 14.8. The molecule has 25 heavy (non-hydrogen) atoms. The summed E-state index contributed by atoms with van der Waals surface area (Å²) in [7, 11) is 0. The molecule has 4 rings (SSSR count). The number of anilines is 2. The number of hydrogen-bond acceptors (Lipinski definition) is 5. The molecule has 3 heterocycles. The number of carbonyl (C=O) groups excluding carboxylic acids is 1. The largest absolute Gasteiger partial charge is 0.366 e. The lowest BCUT2D eigenvalue weighted by atomic mass is 10.1. The number of aromatic amines is 1. The van der Waals surface area contributed by atoms with Crippen LogP contribution in [0.5, 0.6) is 0 Å². The van der Waals surface area contributed by atoms with E-state index in [1.54, 1.807) is 36.8 Å². The Hall–Kier alpha value is -3.74. The number of fused-ring (bicyclic) bond motifs is 1. The Morgan fingerprint density at radius 3 is 2.76 bits per heavy atom. The van der Waals surface area contributed by atoms with Gasteiger partial charge >= 0.3 is 0 Å². The summed E-state index contributed by atoms with van der Waals surface area (Å²) in [5.41, 5.74) is 7.93. The molecule has 0 saturated heterocycles. The van der Waals surface area contributed by atoms with Crippen molar-refractivity contribution in [1.82, 2.24) is 19.9 Å². The number of rotatable bonds is 4. The topological polar surface area (TPSA) is 110 Å². The van der Waals surface area contributed by atoms with E-state index in [1.807, 2.05) is 24.3 Å². The van der Waals surface area contributed by atoms with Crippen molar-refractivity contribution in [2.75, 3.05) is 5.32 Å². The highest BCUT2D eigenvalue weighted by Gasteiger charge is 2.13. The van der Waals surface area contributed by atoms with Crippen LogP contribution in [0.15, 0.2) is 61.1 Å². The number of primary amides is 1. The molecule has 0 spiro atoms. The van der Waals surface area contributed by atoms with Gasteiger partial charge in [-0.15, -0.1) is 0 Å². The highest BCUT2D eigenvalue weighted by Crippen LogP contribution is 2.27. The first-order chi connectivity index (χ1) is 12.2. The SMILES string of the molecule is NC(=O)c1ccccc1Nc1nc(-c2cccnc2)nc2[nH]ccc12. The Balaban J connectivity index is 1.85. The maximum absolute atomic E-state index is 11.6. The molecule has 0 aliphatic heterocycles. The van der Waals surface area contributed by atoms with E-state index in [1.165, 1.54) is 0 Å². The molecule has 0 atom stereocenters. The van der Waals surface area contributed by atoms with Gasteiger partial charge in [0.15, 0.2) is 5.82 Å². The summed E-state index contributed by atoms with van der Waals surface area (Å²) >= 11 is 0. The number of amides is 1. The monoisotopic (exact) mass is 330 g/mol. The van der Waals surface area contributed by atoms with Gasteiger partial charge in [-0.1, -0.05) is 12.1 Å². The van der Waals surface area contributed by atoms with E-state index in [0.717, 1.165) is 10.9 Å². The van der Waals surface area contributed by atoms with E-state index in [-0.39, 0.29) is 0 Å². The van der Waals surface area contributed by atoms with Gasteiger partial charge in [0.25, 0.3) is 5.91 Å². The molecule has 0 aliphatic carbocycles. The number of benzene rings is 1. The summed E-state index contributed by atoms with van der Waals surface area (Å²) in [5, 5.41) is 4.01. The summed E-state index contributed by atoms with van der Waals surface area (Å²) in [6.45, 7) is 0. The highest BCUT2D eigenvalue weighted by molar-refractivity contribution is 6.00. The Morgan fingerprint density at radius 2 is 1.96 bits per heavy atom. The number of nitrogens with one attached hydrogen (secondary N) is 2. The van der Waals surface area contributed by atoms with Crippen molar-refractivity contribution in [2.45, 2.75) is 0 Å². The molecule has 0 radical (unpaired) electrons. The third-order valence-corrected chi connectivity index (χ3v) is 3.78. The third kappa shape index (κ3) is 2.78. The summed E-state index contributed by atoms with van der Waals surface area (Å²) < 4.78 is 0. The predicted molar refractivity (Wildman–Crippen MR) is 95.4 cm³/mol. The van der Waals surface area contributed by atoms with Crippen LogP contribution in [0.25, 0.3) is 22.4 Å². The van der Waals surface area contributed by atoms with Crippen LogP contribution in [0.1, 0.15) is 10.4 Å². The highest BCUT2D eigenvalue weighted by atomic mass is 16.1. The molecule has 0 aliphatic rings. The number of para-hydroxylation sites is 1. The van der Waals surface area contributed by atoms with Crippen LogP contribution < -0.4 is 11.1 Å². The van der Waals surface area contributed by atoms with Gasteiger partial charge in [0.2, 0.25) is 0 Å². The van der Waals surface area contributed by atoms with Crippen molar-refractivity contribution in [3.63, 3.8) is 0 Å². The van der Waals surface area contributed by atoms with E-state index in [9.17, 15) is 4.79 Å². The molecule has 4 aromatic rings. The van der Waals surface area contributed by atoms with Crippen LogP contribution in [0.2, 0.25) is 0 Å². The number of hydrogen-bond donors (Lipinski definition) is 3. The molecule has 0 fully saturated rings. The van der Waals surface area contributed by atoms with E-state index >= 15 is 0 Å². The van der Waals surface area contributed by atoms with Crippen LogP contribution in [0, 0.1) is 0 Å². The zero-order chi connectivity index (χ0) is 17.2. The number of H-pyrrole nitrogens is 1. The van der Waals surface area contributed by atoms with Crippen molar-refractivity contribution in [1.29, 1.82) is 0 Å². The Labute approximate surface area is 143 Å². The second kappa shape index (κ2) is 6.04. The molecule has 1 aromatic carbocycles. The second-order valence-corrected chi connectivity index (χ2v) is 5.41. The Kier molecular flexibility index (Phi) is 3.59. The average molecular weight is 330 g/mol. The minimum Gasteiger partial charge on any atom is -0.366 e. The molecular formula is C18H14N6O. The third-order valence-electron chi connectivity index (χ3n) is 3.78. The quantitative estimate of drug-likeness (QED) is 0.533. The first-order valence-corrected chi connectivity index (χ1v) is 7.64. The minimum atomic E-state index is -0.505. The fraction of sp³-hybridized carbons (Fsp3) is 0. The summed E-state index contributed by atoms with van der Waals surface area (Å²) in [6.07, 6.45) is 5.18. The molecule has 122 valence electrons. The molecule has 0 unspecified atom stereocenters. The fourth-order valence-corrected chi connectivity index (χ4v) is 2.60. The number of pyridine rings is 1. The molecule has 3 aromatic heterocycles. The zero-order valence-electron chi connectivity index (χ0n) is 13.1. The lowest BCUT2D eigenvalue weighted by Crippen LogP contribution is -2.13. The zero-order valence-corrected chi connectivity index (χ0v) is 13.1. The summed E-state index contributed by atoms with van der Waals surface area (Å²) in [4.78, 5) is 28.0. The van der Waals surface area contributed by atoms with E-state index in [2.05, 4.69) is 25.3 Å². The van der Waals surface area contributed by atoms with Gasteiger partial charge in [-0.3, -0.25) is 9.78 Å². The standard InChI is InChI=1S/C18H14N6O/c19-15(25)12-5-1-2-6-14(12)22-18-13-7-9-21-17(13)23-16(24-18)11-4-3-8-20-10-11/h1-10H,(H2,19,25)(H2,21,22,23,24). The van der Waals surface area contributed by atoms with Gasteiger partial charge in [0, 0.05) is 24.2 Å². The second-order valence-electron chi connectivity index (χ2n) is 5.41. The molecular weight excluding hydrogens is 316 g/mol. The predicted octanol–water partition coefficient (Wildman–Crippen LogP) is 2.86. The van der Waals surface area contributed by atoms with Crippen molar-refractivity contribution in [2.24, 2.45) is 5.73 Å². The maximum Gasteiger partial charge on any atom is 0.250 e. The lowest BCUT2D eigenvalue weighted by Gasteiger charge is -2.11. The van der Waals surface area contributed by atoms with E-state index in [4.69, 9.17) is 5.73 Å². The van der Waals surface area contributed by atoms with Gasteiger partial charge < -0.3 is 16.0 Å². The molecule has 4 N–H and O–H groups in total. The maximum atomic E-state index is 11.6. The number of aromatic nitrogens is 4.